The summed E-state index contributed by atoms with van der Waals surface area (Å²) in [4.78, 5) is 0. The fraction of sp³-hybridized carbons (Fsp3) is 0.500. The zero-order valence-corrected chi connectivity index (χ0v) is 15.3. The molecule has 0 fully saturated rings. The summed E-state index contributed by atoms with van der Waals surface area (Å²) in [5.41, 5.74) is 3.33. The summed E-state index contributed by atoms with van der Waals surface area (Å²) in [6.45, 7) is 4.42. The Balaban J connectivity index is 2.38. The minimum absolute atomic E-state index is 0.518. The predicted octanol–water partition coefficient (Wildman–Crippen LogP) is 4.55. The van der Waals surface area contributed by atoms with Gasteiger partial charge in [0.05, 0.1) is 6.26 Å². The first-order valence-electron chi connectivity index (χ1n) is 8.32. The van der Waals surface area contributed by atoms with E-state index in [1.54, 1.807) is 27.6 Å². The average molecular weight is 332 g/mol. The molecule has 132 valence electrons. The third-order valence-electron chi connectivity index (χ3n) is 4.38. The highest BCUT2D eigenvalue weighted by atomic mass is 16.9. The van der Waals surface area contributed by atoms with Gasteiger partial charge in [0.25, 0.3) is 0 Å². The van der Waals surface area contributed by atoms with Crippen molar-refractivity contribution in [2.75, 3.05) is 21.3 Å². The van der Waals surface area contributed by atoms with Crippen LogP contribution in [-0.4, -0.2) is 21.3 Å². The molecule has 0 spiro atoms. The summed E-state index contributed by atoms with van der Waals surface area (Å²) in [6, 6.07) is 5.94. The van der Waals surface area contributed by atoms with Crippen molar-refractivity contribution in [3.8, 4) is 5.75 Å². The third kappa shape index (κ3) is 4.26. The van der Waals surface area contributed by atoms with E-state index in [9.17, 15) is 0 Å². The van der Waals surface area contributed by atoms with E-state index in [1.165, 1.54) is 5.57 Å². The molecule has 0 aliphatic carbocycles. The van der Waals surface area contributed by atoms with Crippen LogP contribution < -0.4 is 4.74 Å². The maximum atomic E-state index is 5.90. The van der Waals surface area contributed by atoms with Gasteiger partial charge in [-0.1, -0.05) is 30.7 Å². The molecule has 1 heterocycles. The van der Waals surface area contributed by atoms with Crippen molar-refractivity contribution < 1.29 is 18.9 Å². The van der Waals surface area contributed by atoms with Crippen molar-refractivity contribution in [3.05, 3.63) is 53.3 Å². The van der Waals surface area contributed by atoms with Gasteiger partial charge in [-0.2, -0.15) is 0 Å². The van der Waals surface area contributed by atoms with Crippen LogP contribution in [0.5, 0.6) is 5.75 Å². The second-order valence-corrected chi connectivity index (χ2v) is 6.21. The van der Waals surface area contributed by atoms with Crippen LogP contribution in [0.1, 0.15) is 37.8 Å². The Hall–Kier alpha value is -1.62. The molecule has 1 unspecified atom stereocenters. The maximum absolute atomic E-state index is 5.90. The van der Waals surface area contributed by atoms with Crippen LogP contribution in [0.25, 0.3) is 0 Å². The fourth-order valence-electron chi connectivity index (χ4n) is 3.03. The minimum atomic E-state index is -1.22. The van der Waals surface area contributed by atoms with Gasteiger partial charge in [0, 0.05) is 26.9 Å². The fourth-order valence-corrected chi connectivity index (χ4v) is 3.03. The number of methoxy groups -OCH3 is 3. The van der Waals surface area contributed by atoms with Gasteiger partial charge in [0.1, 0.15) is 5.75 Å². The Labute approximate surface area is 145 Å². The van der Waals surface area contributed by atoms with E-state index in [4.69, 9.17) is 18.9 Å². The van der Waals surface area contributed by atoms with Crippen molar-refractivity contribution in [1.29, 1.82) is 0 Å². The van der Waals surface area contributed by atoms with Crippen molar-refractivity contribution in [3.63, 3.8) is 0 Å². The molecule has 0 saturated heterocycles. The number of ether oxygens (including phenoxy) is 4. The zero-order chi connectivity index (χ0) is 17.6. The summed E-state index contributed by atoms with van der Waals surface area (Å²) in [7, 11) is 4.66. The predicted molar refractivity (Wildman–Crippen MR) is 94.8 cm³/mol. The lowest BCUT2D eigenvalue weighted by molar-refractivity contribution is -0.364. The smallest absolute Gasteiger partial charge is 0.311 e. The molecule has 1 aliphatic rings. The molecule has 1 aromatic rings. The van der Waals surface area contributed by atoms with Crippen LogP contribution in [0.3, 0.4) is 0 Å². The monoisotopic (exact) mass is 332 g/mol. The molecular formula is C20H28O4. The standard InChI is InChI=1S/C20H28O4/c1-15-7-6-12-24-19-14-18(20(21-3,22-4)23-5)11-10-17(19)9-8-16(2)13-15/h6,10-15H,7-9H2,1-5H3/b12-6+,16-13+. The van der Waals surface area contributed by atoms with Gasteiger partial charge in [-0.05, 0) is 49.8 Å². The zero-order valence-electron chi connectivity index (χ0n) is 15.3. The molecule has 1 aromatic carbocycles. The minimum Gasteiger partial charge on any atom is -0.465 e. The van der Waals surface area contributed by atoms with E-state index in [0.717, 1.165) is 36.1 Å². The Kier molecular flexibility index (Phi) is 6.60. The van der Waals surface area contributed by atoms with Gasteiger partial charge in [-0.15, -0.1) is 0 Å². The van der Waals surface area contributed by atoms with E-state index in [2.05, 4.69) is 32.1 Å². The normalized spacial score (nSPS) is 22.5. The SMILES string of the molecule is COC(OC)(OC)c1ccc2c(c1)O/C=C/CC(C)/C=C(\C)CC2. The average Bonchev–Trinajstić information content (AvgIpc) is 2.62. The number of hydrogen-bond acceptors (Lipinski definition) is 4. The molecule has 2 rings (SSSR count). The third-order valence-corrected chi connectivity index (χ3v) is 4.38. The van der Waals surface area contributed by atoms with Gasteiger partial charge in [0.15, 0.2) is 0 Å². The summed E-state index contributed by atoms with van der Waals surface area (Å²) in [5.74, 6) is 0.102. The lowest BCUT2D eigenvalue weighted by atomic mass is 9.99. The largest absolute Gasteiger partial charge is 0.465 e. The highest BCUT2D eigenvalue weighted by Crippen LogP contribution is 2.32. The molecule has 24 heavy (non-hydrogen) atoms. The Bertz CT molecular complexity index is 591. The molecule has 1 aliphatic heterocycles. The van der Waals surface area contributed by atoms with Crippen molar-refractivity contribution in [2.24, 2.45) is 5.92 Å². The van der Waals surface area contributed by atoms with Crippen molar-refractivity contribution in [1.82, 2.24) is 0 Å². The number of allylic oxidation sites excluding steroid dienone is 3. The number of aryl methyl sites for hydroxylation is 1. The Morgan fingerprint density at radius 2 is 1.79 bits per heavy atom. The maximum Gasteiger partial charge on any atom is 0.311 e. The van der Waals surface area contributed by atoms with Crippen molar-refractivity contribution >= 4 is 0 Å². The summed E-state index contributed by atoms with van der Waals surface area (Å²) >= 11 is 0. The van der Waals surface area contributed by atoms with Gasteiger partial charge in [-0.3, -0.25) is 0 Å². The lowest BCUT2D eigenvalue weighted by Gasteiger charge is -2.29. The second-order valence-electron chi connectivity index (χ2n) is 6.21. The van der Waals surface area contributed by atoms with E-state index < -0.39 is 5.97 Å². The molecule has 0 N–H and O–H groups in total. The summed E-state index contributed by atoms with van der Waals surface area (Å²) in [6.07, 6.45) is 9.08. The molecule has 0 radical (unpaired) electrons. The number of hydrogen-bond donors (Lipinski definition) is 0. The highest BCUT2D eigenvalue weighted by molar-refractivity contribution is 5.40. The number of rotatable bonds is 4. The molecule has 4 nitrogen and oxygen atoms in total. The van der Waals surface area contributed by atoms with Crippen LogP contribution in [-0.2, 0) is 26.6 Å². The van der Waals surface area contributed by atoms with E-state index >= 15 is 0 Å². The van der Waals surface area contributed by atoms with Crippen LogP contribution in [0.4, 0.5) is 0 Å². The lowest BCUT2D eigenvalue weighted by Crippen LogP contribution is -2.32. The van der Waals surface area contributed by atoms with Crippen LogP contribution >= 0.6 is 0 Å². The number of benzene rings is 1. The van der Waals surface area contributed by atoms with Crippen molar-refractivity contribution in [2.45, 2.75) is 39.1 Å². The first-order chi connectivity index (χ1) is 11.5. The quantitative estimate of drug-likeness (QED) is 0.599. The molecule has 0 aromatic heterocycles. The topological polar surface area (TPSA) is 36.9 Å². The summed E-state index contributed by atoms with van der Waals surface area (Å²) < 4.78 is 22.2. The van der Waals surface area contributed by atoms with E-state index in [0.29, 0.717) is 5.92 Å². The van der Waals surface area contributed by atoms with Gasteiger partial charge in [-0.25, -0.2) is 0 Å². The van der Waals surface area contributed by atoms with Gasteiger partial charge in [0.2, 0.25) is 0 Å². The summed E-state index contributed by atoms with van der Waals surface area (Å²) in [5, 5.41) is 0. The second kappa shape index (κ2) is 8.47. The molecule has 4 heteroatoms. The van der Waals surface area contributed by atoms with E-state index in [1.807, 2.05) is 12.1 Å². The van der Waals surface area contributed by atoms with Crippen LogP contribution in [0.15, 0.2) is 42.2 Å². The molecule has 0 saturated carbocycles. The Morgan fingerprint density at radius 1 is 1.08 bits per heavy atom. The van der Waals surface area contributed by atoms with E-state index in [-0.39, 0.29) is 0 Å². The molecule has 0 bridgehead atoms. The van der Waals surface area contributed by atoms with Crippen LogP contribution in [0.2, 0.25) is 0 Å². The Morgan fingerprint density at radius 3 is 2.46 bits per heavy atom. The first kappa shape index (κ1) is 18.7. The van der Waals surface area contributed by atoms with Crippen LogP contribution in [0, 0.1) is 5.92 Å². The highest BCUT2D eigenvalue weighted by Gasteiger charge is 2.33. The van der Waals surface area contributed by atoms with Gasteiger partial charge < -0.3 is 18.9 Å². The first-order valence-corrected chi connectivity index (χ1v) is 8.32. The number of fused-ring (bicyclic) bond motifs is 1. The molecule has 0 amide bonds. The van der Waals surface area contributed by atoms with Gasteiger partial charge >= 0.3 is 5.97 Å². The molecular weight excluding hydrogens is 304 g/mol. The molecule has 1 atom stereocenters.